The van der Waals surface area contributed by atoms with Gasteiger partial charge < -0.3 is 23.6 Å². The maximum atomic E-state index is 15.2. The topological polar surface area (TPSA) is 141 Å². The molecule has 0 aliphatic carbocycles. The average molecular weight is 616 g/mol. The van der Waals surface area contributed by atoms with E-state index in [9.17, 15) is 28.3 Å². The lowest BCUT2D eigenvalue weighted by Crippen LogP contribution is -2.52. The van der Waals surface area contributed by atoms with Gasteiger partial charge in [0.1, 0.15) is 22.9 Å². The Morgan fingerprint density at radius 2 is 1.95 bits per heavy atom. The number of rotatable bonds is 11. The molecule has 2 aromatic rings. The van der Waals surface area contributed by atoms with Crippen LogP contribution in [0.5, 0.6) is 5.75 Å². The SMILES string of the molecule is CC(C)OC(=O)[C@H](C)NP(=S)(OC[C@@]1(C(F)F)O[C@@H](n2cc(Cl)c(=O)[nH]c2=O)[C@@H](F)[C@@H]1O)Oc1ccccc1. The van der Waals surface area contributed by atoms with Crippen LogP contribution in [0.2, 0.25) is 5.02 Å². The zero-order valence-corrected chi connectivity index (χ0v) is 23.2. The van der Waals surface area contributed by atoms with Gasteiger partial charge in [-0.2, -0.15) is 0 Å². The van der Waals surface area contributed by atoms with Gasteiger partial charge in [-0.3, -0.25) is 19.1 Å². The van der Waals surface area contributed by atoms with Gasteiger partial charge in [0.05, 0.1) is 12.7 Å². The van der Waals surface area contributed by atoms with Crippen LogP contribution in [-0.2, 0) is 30.6 Å². The zero-order valence-electron chi connectivity index (χ0n) is 20.8. The number of nitrogens with zero attached hydrogens (tertiary/aromatic N) is 1. The summed E-state index contributed by atoms with van der Waals surface area (Å²) in [6.45, 7) is -0.498. The fourth-order valence-electron chi connectivity index (χ4n) is 3.53. The summed E-state index contributed by atoms with van der Waals surface area (Å²) < 4.78 is 66.1. The van der Waals surface area contributed by atoms with E-state index in [2.05, 4.69) is 5.09 Å². The average Bonchev–Trinajstić information content (AvgIpc) is 3.11. The fraction of sp³-hybridized carbons (Fsp3) is 0.500. The van der Waals surface area contributed by atoms with E-state index >= 15 is 4.39 Å². The number of nitrogens with one attached hydrogen (secondary N) is 2. The Morgan fingerprint density at radius 1 is 1.31 bits per heavy atom. The number of ether oxygens (including phenoxy) is 2. The van der Waals surface area contributed by atoms with Gasteiger partial charge in [0, 0.05) is 6.20 Å². The molecule has 0 amide bonds. The second-order valence-corrected chi connectivity index (χ2v) is 12.4. The molecular formula is C22H26ClF3N3O8PS. The molecule has 39 heavy (non-hydrogen) atoms. The first kappa shape index (κ1) is 31.3. The van der Waals surface area contributed by atoms with Gasteiger partial charge in [0.2, 0.25) is 0 Å². The fourth-order valence-corrected chi connectivity index (χ4v) is 6.10. The van der Waals surface area contributed by atoms with Crippen molar-refractivity contribution in [3.05, 3.63) is 62.4 Å². The molecule has 0 bridgehead atoms. The first-order valence-electron chi connectivity index (χ1n) is 11.5. The smallest absolute Gasteiger partial charge is 0.330 e. The predicted octanol–water partition coefficient (Wildman–Crippen LogP) is 2.67. The van der Waals surface area contributed by atoms with E-state index < -0.39 is 78.2 Å². The van der Waals surface area contributed by atoms with E-state index in [1.165, 1.54) is 19.1 Å². The highest BCUT2D eigenvalue weighted by Gasteiger charge is 2.62. The van der Waals surface area contributed by atoms with Crippen molar-refractivity contribution in [2.24, 2.45) is 0 Å². The normalized spacial score (nSPS) is 25.4. The van der Waals surface area contributed by atoms with Crippen molar-refractivity contribution in [3.8, 4) is 5.75 Å². The van der Waals surface area contributed by atoms with Crippen molar-refractivity contribution in [1.82, 2.24) is 14.6 Å². The molecule has 2 heterocycles. The zero-order chi connectivity index (χ0) is 29.1. The van der Waals surface area contributed by atoms with Crippen LogP contribution < -0.4 is 20.9 Å². The van der Waals surface area contributed by atoms with Crippen LogP contribution >= 0.6 is 18.2 Å². The second kappa shape index (κ2) is 12.5. The van der Waals surface area contributed by atoms with E-state index in [0.717, 1.165) is 0 Å². The monoisotopic (exact) mass is 615 g/mol. The highest BCUT2D eigenvalue weighted by Crippen LogP contribution is 2.49. The number of halogens is 4. The van der Waals surface area contributed by atoms with Gasteiger partial charge in [-0.05, 0) is 44.7 Å². The number of aliphatic hydroxyl groups is 1. The number of hydrogen-bond donors (Lipinski definition) is 3. The molecule has 1 unspecified atom stereocenters. The first-order valence-corrected chi connectivity index (χ1v) is 14.5. The molecule has 0 radical (unpaired) electrons. The summed E-state index contributed by atoms with van der Waals surface area (Å²) in [7, 11) is 0. The molecule has 3 rings (SSSR count). The molecule has 216 valence electrons. The quantitative estimate of drug-likeness (QED) is 0.255. The predicted molar refractivity (Wildman–Crippen MR) is 137 cm³/mol. The van der Waals surface area contributed by atoms with Gasteiger partial charge in [-0.25, -0.2) is 23.1 Å². The van der Waals surface area contributed by atoms with Crippen molar-refractivity contribution in [1.29, 1.82) is 0 Å². The first-order chi connectivity index (χ1) is 18.2. The number of aromatic amines is 1. The van der Waals surface area contributed by atoms with Crippen molar-refractivity contribution < 1.29 is 41.6 Å². The van der Waals surface area contributed by atoms with Crippen LogP contribution in [0.1, 0.15) is 27.0 Å². The molecule has 6 atom stereocenters. The summed E-state index contributed by atoms with van der Waals surface area (Å²) in [6.07, 6.45) is -10.6. The molecule has 3 N–H and O–H groups in total. The molecule has 17 heteroatoms. The third kappa shape index (κ3) is 7.09. The van der Waals surface area contributed by atoms with Crippen molar-refractivity contribution >= 4 is 36.0 Å². The number of carbonyl (C=O) groups is 1. The third-order valence-electron chi connectivity index (χ3n) is 5.47. The van der Waals surface area contributed by atoms with E-state index in [1.807, 2.05) is 0 Å². The Kier molecular flexibility index (Phi) is 10.0. The Balaban J connectivity index is 1.92. The Labute approximate surface area is 230 Å². The van der Waals surface area contributed by atoms with E-state index in [1.54, 1.807) is 37.0 Å². The van der Waals surface area contributed by atoms with Crippen LogP contribution in [0.15, 0.2) is 46.1 Å². The lowest BCUT2D eigenvalue weighted by molar-refractivity contribution is -0.192. The van der Waals surface area contributed by atoms with Crippen molar-refractivity contribution in [3.63, 3.8) is 0 Å². The number of para-hydroxylation sites is 1. The molecule has 11 nitrogen and oxygen atoms in total. The summed E-state index contributed by atoms with van der Waals surface area (Å²) in [5.41, 5.74) is -5.25. The van der Waals surface area contributed by atoms with E-state index in [4.69, 9.17) is 41.9 Å². The number of alkyl halides is 3. The minimum Gasteiger partial charge on any atom is -0.462 e. The summed E-state index contributed by atoms with van der Waals surface area (Å²) in [5, 5.41) is 12.6. The van der Waals surface area contributed by atoms with Gasteiger partial charge in [-0.15, -0.1) is 0 Å². The number of H-pyrrole nitrogens is 1. The minimum absolute atomic E-state index is 0.160. The van der Waals surface area contributed by atoms with Gasteiger partial charge in [-0.1, -0.05) is 29.8 Å². The maximum Gasteiger partial charge on any atom is 0.330 e. The largest absolute Gasteiger partial charge is 0.462 e. The van der Waals surface area contributed by atoms with Gasteiger partial charge in [0.15, 0.2) is 18.0 Å². The highest BCUT2D eigenvalue weighted by atomic mass is 35.5. The third-order valence-corrected chi connectivity index (χ3v) is 8.22. The molecule has 1 saturated heterocycles. The number of benzene rings is 1. The van der Waals surface area contributed by atoms with Crippen LogP contribution in [0.3, 0.4) is 0 Å². The van der Waals surface area contributed by atoms with Crippen molar-refractivity contribution in [2.75, 3.05) is 6.61 Å². The van der Waals surface area contributed by atoms with Gasteiger partial charge >= 0.3 is 18.3 Å². The standard InChI is InChI=1S/C22H26ClF3N3O8PS/c1-11(2)35-19(32)12(3)28-38(39,37-13-7-5-4-6-8-13)34-10-22(20(25)26)16(30)15(24)18(36-22)29-9-14(23)17(31)27-21(29)33/h4-9,11-12,15-16,18,20,30H,10H2,1-3H3,(H,28,39)(H,27,31,33)/t12-,15-,16-,18+,22+,38?/m0/s1. The number of hydrogen-bond acceptors (Lipinski definition) is 9. The Hall–Kier alpha value is -2.26. The summed E-state index contributed by atoms with van der Waals surface area (Å²) in [5.74, 6) is -0.578. The molecular weight excluding hydrogens is 590 g/mol. The number of aromatic nitrogens is 2. The number of esters is 1. The molecule has 1 aliphatic rings. The Morgan fingerprint density at radius 3 is 2.54 bits per heavy atom. The lowest BCUT2D eigenvalue weighted by atomic mass is 9.97. The number of carbonyl (C=O) groups excluding carboxylic acids is 1. The van der Waals surface area contributed by atoms with Crippen molar-refractivity contribution in [2.45, 2.75) is 63.4 Å². The maximum absolute atomic E-state index is 15.2. The van der Waals surface area contributed by atoms with E-state index in [0.29, 0.717) is 10.8 Å². The molecule has 1 aromatic carbocycles. The van der Waals surface area contributed by atoms with E-state index in [-0.39, 0.29) is 5.75 Å². The lowest BCUT2D eigenvalue weighted by Gasteiger charge is -2.34. The van der Waals surface area contributed by atoms with Crippen LogP contribution in [-0.4, -0.2) is 63.7 Å². The highest BCUT2D eigenvalue weighted by molar-refractivity contribution is 8.09. The summed E-state index contributed by atoms with van der Waals surface area (Å²) in [6, 6.07) is 6.74. The van der Waals surface area contributed by atoms with Crippen LogP contribution in [0, 0.1) is 0 Å². The van der Waals surface area contributed by atoms with Crippen LogP contribution in [0.25, 0.3) is 0 Å². The minimum atomic E-state index is -3.89. The molecule has 1 aliphatic heterocycles. The van der Waals surface area contributed by atoms with Crippen LogP contribution in [0.4, 0.5) is 13.2 Å². The Bertz CT molecular complexity index is 1330. The molecule has 0 saturated carbocycles. The molecule has 1 aromatic heterocycles. The summed E-state index contributed by atoms with van der Waals surface area (Å²) in [4.78, 5) is 37.9. The second-order valence-electron chi connectivity index (χ2n) is 8.81. The number of aliphatic hydroxyl groups excluding tert-OH is 1. The van der Waals surface area contributed by atoms with Gasteiger partial charge in [0.25, 0.3) is 12.0 Å². The molecule has 0 spiro atoms. The summed E-state index contributed by atoms with van der Waals surface area (Å²) >= 11 is 11.2. The molecule has 1 fully saturated rings.